The molecule has 1 amide bonds. The molecule has 0 aliphatic rings. The van der Waals surface area contributed by atoms with Crippen molar-refractivity contribution >= 4 is 23.4 Å². The van der Waals surface area contributed by atoms with Crippen molar-refractivity contribution in [2.45, 2.75) is 11.8 Å². The number of aryl methyl sites for hydroxylation is 1. The van der Waals surface area contributed by atoms with Crippen LogP contribution in [0.3, 0.4) is 0 Å². The van der Waals surface area contributed by atoms with Gasteiger partial charge in [-0.2, -0.15) is 9.90 Å². The Balaban J connectivity index is 1.84. The normalized spacial score (nSPS) is 10.5. The molecule has 2 aromatic carbocycles. The summed E-state index contributed by atoms with van der Waals surface area (Å²) >= 11 is 1.63. The zero-order valence-electron chi connectivity index (χ0n) is 12.9. The number of anilines is 1. The van der Waals surface area contributed by atoms with Crippen LogP contribution in [0.15, 0.2) is 59.5 Å². The molecule has 0 aliphatic carbocycles. The van der Waals surface area contributed by atoms with Crippen molar-refractivity contribution in [3.63, 3.8) is 0 Å². The number of amides is 1. The molecule has 0 saturated heterocycles. The van der Waals surface area contributed by atoms with Gasteiger partial charge in [-0.05, 0) is 43.5 Å². The first-order valence-electron chi connectivity index (χ1n) is 7.12. The van der Waals surface area contributed by atoms with Crippen LogP contribution in [-0.2, 0) is 0 Å². The summed E-state index contributed by atoms with van der Waals surface area (Å²) in [7, 11) is 0. The van der Waals surface area contributed by atoms with Crippen LogP contribution >= 0.6 is 11.8 Å². The van der Waals surface area contributed by atoms with Gasteiger partial charge < -0.3 is 5.32 Å². The lowest BCUT2D eigenvalue weighted by Gasteiger charge is -2.05. The maximum Gasteiger partial charge on any atom is 0.278 e. The topological polar surface area (TPSA) is 59.8 Å². The van der Waals surface area contributed by atoms with E-state index in [9.17, 15) is 4.79 Å². The van der Waals surface area contributed by atoms with E-state index in [1.807, 2.05) is 60.9 Å². The second-order valence-corrected chi connectivity index (χ2v) is 5.82. The first-order chi connectivity index (χ1) is 11.2. The minimum atomic E-state index is -0.261. The molecule has 116 valence electrons. The zero-order valence-corrected chi connectivity index (χ0v) is 13.7. The highest BCUT2D eigenvalue weighted by Crippen LogP contribution is 2.19. The van der Waals surface area contributed by atoms with Crippen LogP contribution in [0.25, 0.3) is 5.69 Å². The van der Waals surface area contributed by atoms with E-state index in [0.29, 0.717) is 11.4 Å². The number of aromatic nitrogens is 3. The summed E-state index contributed by atoms with van der Waals surface area (Å²) in [5.74, 6) is -0.261. The summed E-state index contributed by atoms with van der Waals surface area (Å²) < 4.78 is 0. The maximum atomic E-state index is 12.4. The van der Waals surface area contributed by atoms with E-state index in [-0.39, 0.29) is 5.91 Å². The number of benzene rings is 2. The van der Waals surface area contributed by atoms with Gasteiger partial charge in [0.05, 0.1) is 11.4 Å². The Kier molecular flexibility index (Phi) is 4.43. The van der Waals surface area contributed by atoms with Crippen molar-refractivity contribution < 1.29 is 4.79 Å². The Labute approximate surface area is 138 Å². The van der Waals surface area contributed by atoms with E-state index in [0.717, 1.165) is 16.3 Å². The number of hydrogen-bond donors (Lipinski definition) is 1. The summed E-state index contributed by atoms with van der Waals surface area (Å²) in [6, 6.07) is 17.2. The van der Waals surface area contributed by atoms with Crippen LogP contribution < -0.4 is 5.32 Å². The van der Waals surface area contributed by atoms with E-state index in [1.165, 1.54) is 4.80 Å². The zero-order chi connectivity index (χ0) is 16.2. The molecule has 3 aromatic rings. The Morgan fingerprint density at radius 1 is 1.09 bits per heavy atom. The minimum absolute atomic E-state index is 0.261. The summed E-state index contributed by atoms with van der Waals surface area (Å²) in [6.07, 6.45) is 2.00. The summed E-state index contributed by atoms with van der Waals surface area (Å²) in [5.41, 5.74) is 2.48. The van der Waals surface area contributed by atoms with E-state index < -0.39 is 0 Å². The monoisotopic (exact) mass is 324 g/mol. The van der Waals surface area contributed by atoms with Gasteiger partial charge in [0.1, 0.15) is 0 Å². The smallest absolute Gasteiger partial charge is 0.278 e. The molecule has 3 rings (SSSR count). The van der Waals surface area contributed by atoms with Crippen LogP contribution in [0, 0.1) is 6.92 Å². The highest BCUT2D eigenvalue weighted by atomic mass is 32.2. The molecule has 6 heteroatoms. The maximum absolute atomic E-state index is 12.4. The van der Waals surface area contributed by atoms with Crippen LogP contribution in [-0.4, -0.2) is 27.2 Å². The molecule has 0 aliphatic heterocycles. The Morgan fingerprint density at radius 2 is 1.87 bits per heavy atom. The van der Waals surface area contributed by atoms with Crippen molar-refractivity contribution in [1.29, 1.82) is 0 Å². The molecule has 1 aromatic heterocycles. The molecule has 0 radical (unpaired) electrons. The number of nitrogens with one attached hydrogen (secondary N) is 1. The predicted molar refractivity (Wildman–Crippen MR) is 92.3 cm³/mol. The molecule has 0 fully saturated rings. The van der Waals surface area contributed by atoms with Gasteiger partial charge in [0.25, 0.3) is 5.91 Å². The van der Waals surface area contributed by atoms with Crippen molar-refractivity contribution in [3.8, 4) is 5.69 Å². The van der Waals surface area contributed by atoms with E-state index >= 15 is 0 Å². The molecule has 23 heavy (non-hydrogen) atoms. The number of nitrogens with zero attached hydrogens (tertiary/aromatic N) is 3. The molecular weight excluding hydrogens is 308 g/mol. The summed E-state index contributed by atoms with van der Waals surface area (Å²) in [6.45, 7) is 1.78. The van der Waals surface area contributed by atoms with E-state index in [2.05, 4.69) is 15.5 Å². The predicted octanol–water partition coefficient (Wildman–Crippen LogP) is 3.55. The summed E-state index contributed by atoms with van der Waals surface area (Å²) in [4.78, 5) is 15.0. The molecular formula is C17H16N4OS. The minimum Gasteiger partial charge on any atom is -0.320 e. The third-order valence-electron chi connectivity index (χ3n) is 3.31. The first kappa shape index (κ1) is 15.3. The van der Waals surface area contributed by atoms with Crippen molar-refractivity contribution in [1.82, 2.24) is 15.0 Å². The van der Waals surface area contributed by atoms with Crippen LogP contribution in [0.5, 0.6) is 0 Å². The number of carbonyl (C=O) groups excluding carboxylic acids is 1. The lowest BCUT2D eigenvalue weighted by Crippen LogP contribution is -2.14. The standard InChI is InChI=1S/C17H16N4OS/c1-12-16(20-21(19-12)14-8-4-3-5-9-14)17(22)18-13-7-6-10-15(11-13)23-2/h3-11H,1-2H3,(H,18,22). The number of para-hydroxylation sites is 1. The van der Waals surface area contributed by atoms with Gasteiger partial charge in [0, 0.05) is 10.6 Å². The highest BCUT2D eigenvalue weighted by molar-refractivity contribution is 7.98. The number of rotatable bonds is 4. The van der Waals surface area contributed by atoms with Gasteiger partial charge in [-0.25, -0.2) is 0 Å². The Bertz CT molecular complexity index is 830. The molecule has 1 N–H and O–H groups in total. The molecule has 0 unspecified atom stereocenters. The number of hydrogen-bond acceptors (Lipinski definition) is 4. The summed E-state index contributed by atoms with van der Waals surface area (Å²) in [5, 5.41) is 11.5. The Morgan fingerprint density at radius 3 is 2.61 bits per heavy atom. The van der Waals surface area contributed by atoms with Gasteiger partial charge in [-0.1, -0.05) is 24.3 Å². The second-order valence-electron chi connectivity index (χ2n) is 4.95. The van der Waals surface area contributed by atoms with Gasteiger partial charge in [-0.15, -0.1) is 16.9 Å². The van der Waals surface area contributed by atoms with Crippen molar-refractivity contribution in [2.75, 3.05) is 11.6 Å². The quantitative estimate of drug-likeness (QED) is 0.746. The second kappa shape index (κ2) is 6.66. The van der Waals surface area contributed by atoms with Crippen LogP contribution in [0.2, 0.25) is 0 Å². The van der Waals surface area contributed by atoms with Gasteiger partial charge in [0.15, 0.2) is 5.69 Å². The third kappa shape index (κ3) is 3.43. The fraction of sp³-hybridized carbons (Fsp3) is 0.118. The molecule has 0 bridgehead atoms. The van der Waals surface area contributed by atoms with Crippen LogP contribution in [0.1, 0.15) is 16.2 Å². The number of thioether (sulfide) groups is 1. The molecule has 0 saturated carbocycles. The van der Waals surface area contributed by atoms with Crippen molar-refractivity contribution in [2.24, 2.45) is 0 Å². The van der Waals surface area contributed by atoms with E-state index in [4.69, 9.17) is 0 Å². The molecule has 0 atom stereocenters. The fourth-order valence-corrected chi connectivity index (χ4v) is 2.62. The van der Waals surface area contributed by atoms with Gasteiger partial charge in [-0.3, -0.25) is 4.79 Å². The molecule has 1 heterocycles. The Hall–Kier alpha value is -2.60. The van der Waals surface area contributed by atoms with E-state index in [1.54, 1.807) is 18.7 Å². The van der Waals surface area contributed by atoms with Gasteiger partial charge in [0.2, 0.25) is 0 Å². The third-order valence-corrected chi connectivity index (χ3v) is 4.04. The highest BCUT2D eigenvalue weighted by Gasteiger charge is 2.16. The first-order valence-corrected chi connectivity index (χ1v) is 8.34. The average Bonchev–Trinajstić information content (AvgIpc) is 2.98. The largest absolute Gasteiger partial charge is 0.320 e. The van der Waals surface area contributed by atoms with Crippen LogP contribution in [0.4, 0.5) is 5.69 Å². The molecule has 0 spiro atoms. The van der Waals surface area contributed by atoms with Crippen molar-refractivity contribution in [3.05, 3.63) is 66.0 Å². The lowest BCUT2D eigenvalue weighted by atomic mass is 10.3. The SMILES string of the molecule is CSc1cccc(NC(=O)c2nn(-c3ccccc3)nc2C)c1. The van der Waals surface area contributed by atoms with Gasteiger partial charge >= 0.3 is 0 Å². The number of carbonyl (C=O) groups is 1. The fourth-order valence-electron chi connectivity index (χ4n) is 2.16. The average molecular weight is 324 g/mol. The molecule has 5 nitrogen and oxygen atoms in total. The lowest BCUT2D eigenvalue weighted by molar-refractivity contribution is 0.102.